The first-order valence-electron chi connectivity index (χ1n) is 14.2. The van der Waals surface area contributed by atoms with Gasteiger partial charge in [-0.3, -0.25) is 4.79 Å². The van der Waals surface area contributed by atoms with E-state index in [0.29, 0.717) is 39.5 Å². The van der Waals surface area contributed by atoms with Crippen LogP contribution in [0, 0.1) is 0 Å². The van der Waals surface area contributed by atoms with Gasteiger partial charge in [-0.25, -0.2) is 0 Å². The van der Waals surface area contributed by atoms with Crippen LogP contribution in [0.2, 0.25) is 0 Å². The van der Waals surface area contributed by atoms with Gasteiger partial charge in [0, 0.05) is 29.7 Å². The fraction of sp³-hybridized carbons (Fsp3) is 0.531. The molecular formula is C32H45NO5. The maximum Gasteiger partial charge on any atom is 0.163 e. The van der Waals surface area contributed by atoms with Gasteiger partial charge in [-0.05, 0) is 81.8 Å². The summed E-state index contributed by atoms with van der Waals surface area (Å²) >= 11 is 0. The number of nitrogens with one attached hydrogen (secondary N) is 1. The zero-order valence-electron chi connectivity index (χ0n) is 23.3. The molecule has 3 rings (SSSR count). The average molecular weight is 524 g/mol. The largest absolute Gasteiger partial charge is 0.493 e. The molecule has 0 bridgehead atoms. The molecule has 1 N–H and O–H groups in total. The summed E-state index contributed by atoms with van der Waals surface area (Å²) in [5.41, 5.74) is 4.29. The lowest BCUT2D eigenvalue weighted by molar-refractivity contribution is 0.0972. The molecule has 6 nitrogen and oxygen atoms in total. The highest BCUT2D eigenvalue weighted by Crippen LogP contribution is 2.32. The summed E-state index contributed by atoms with van der Waals surface area (Å²) < 4.78 is 23.9. The monoisotopic (exact) mass is 523 g/mol. The number of likely N-dealkylation sites (N-methyl/N-ethyl adjacent to an activating group) is 1. The van der Waals surface area contributed by atoms with Crippen LogP contribution in [-0.2, 0) is 24.0 Å². The molecule has 2 aromatic carbocycles. The maximum absolute atomic E-state index is 12.3. The molecule has 38 heavy (non-hydrogen) atoms. The molecule has 0 fully saturated rings. The Morgan fingerprint density at radius 1 is 0.868 bits per heavy atom. The molecule has 0 aromatic heterocycles. The smallest absolute Gasteiger partial charge is 0.163 e. The van der Waals surface area contributed by atoms with Crippen molar-refractivity contribution in [2.75, 3.05) is 46.6 Å². The Kier molecular flexibility index (Phi) is 13.2. The molecule has 0 radical (unpaired) electrons. The number of unbranched alkanes of at least 4 members (excludes halogenated alkanes) is 2. The summed E-state index contributed by atoms with van der Waals surface area (Å²) in [5, 5.41) is 3.07. The number of hydrogen-bond acceptors (Lipinski definition) is 6. The highest BCUT2D eigenvalue weighted by atomic mass is 16.5. The third-order valence-electron chi connectivity index (χ3n) is 6.74. The van der Waals surface area contributed by atoms with Gasteiger partial charge in [0.25, 0.3) is 0 Å². The van der Waals surface area contributed by atoms with Crippen LogP contribution in [0.1, 0.15) is 72.5 Å². The molecule has 1 aliphatic carbocycles. The standard InChI is InChI=1S/C32H45NO5/c1-4-11-27-25-13-9-14-29(34)26(25)17-18-32(27)37-21-8-6-7-20-36-30-15-10-16-31(28(30)12-5-2)38-24-23-35-22-19-33-3/h4,10,15-18,33H,1,5-9,11-14,19-24H2,2-3H3. The summed E-state index contributed by atoms with van der Waals surface area (Å²) in [7, 11) is 1.91. The van der Waals surface area contributed by atoms with E-state index in [0.717, 1.165) is 97.4 Å². The Hall–Kier alpha value is -2.83. The van der Waals surface area contributed by atoms with Gasteiger partial charge in [0.2, 0.25) is 0 Å². The minimum atomic E-state index is 0.247. The van der Waals surface area contributed by atoms with E-state index in [1.165, 1.54) is 0 Å². The van der Waals surface area contributed by atoms with Gasteiger partial charge in [-0.1, -0.05) is 25.5 Å². The van der Waals surface area contributed by atoms with Crippen molar-refractivity contribution < 1.29 is 23.7 Å². The van der Waals surface area contributed by atoms with Crippen molar-refractivity contribution in [3.63, 3.8) is 0 Å². The van der Waals surface area contributed by atoms with Crippen LogP contribution < -0.4 is 19.5 Å². The minimum absolute atomic E-state index is 0.247. The van der Waals surface area contributed by atoms with Crippen molar-refractivity contribution in [3.8, 4) is 17.2 Å². The van der Waals surface area contributed by atoms with Gasteiger partial charge < -0.3 is 24.3 Å². The third kappa shape index (κ3) is 8.88. The highest BCUT2D eigenvalue weighted by molar-refractivity contribution is 5.99. The van der Waals surface area contributed by atoms with E-state index in [4.69, 9.17) is 18.9 Å². The normalized spacial score (nSPS) is 12.7. The Balaban J connectivity index is 1.43. The Labute approximate surface area is 228 Å². The SMILES string of the molecule is C=CCc1c(OCCCCCOc2cccc(OCCOCCNC)c2CCC)ccc2c1CCCC2=O. The summed E-state index contributed by atoms with van der Waals surface area (Å²) in [6, 6.07) is 9.94. The molecule has 0 atom stereocenters. The third-order valence-corrected chi connectivity index (χ3v) is 6.74. The maximum atomic E-state index is 12.3. The van der Waals surface area contributed by atoms with E-state index in [-0.39, 0.29) is 5.78 Å². The Morgan fingerprint density at radius 2 is 1.58 bits per heavy atom. The van der Waals surface area contributed by atoms with E-state index >= 15 is 0 Å². The summed E-state index contributed by atoms with van der Waals surface area (Å²) in [6.45, 7) is 10.00. The van der Waals surface area contributed by atoms with Crippen molar-refractivity contribution >= 4 is 5.78 Å². The quantitative estimate of drug-likeness (QED) is 0.177. The first-order chi connectivity index (χ1) is 18.7. The van der Waals surface area contributed by atoms with E-state index in [9.17, 15) is 4.79 Å². The van der Waals surface area contributed by atoms with E-state index in [2.05, 4.69) is 18.8 Å². The van der Waals surface area contributed by atoms with Crippen LogP contribution >= 0.6 is 0 Å². The second kappa shape index (κ2) is 16.9. The number of ether oxygens (including phenoxy) is 4. The first-order valence-corrected chi connectivity index (χ1v) is 14.2. The van der Waals surface area contributed by atoms with Crippen LogP contribution in [0.15, 0.2) is 43.0 Å². The predicted molar refractivity (Wildman–Crippen MR) is 153 cm³/mol. The number of carbonyl (C=O) groups is 1. The summed E-state index contributed by atoms with van der Waals surface area (Å²) in [5.74, 6) is 2.94. The molecule has 2 aromatic rings. The lowest BCUT2D eigenvalue weighted by Gasteiger charge is -2.21. The fourth-order valence-corrected chi connectivity index (χ4v) is 4.83. The number of benzene rings is 2. The zero-order valence-corrected chi connectivity index (χ0v) is 23.3. The van der Waals surface area contributed by atoms with E-state index in [1.54, 1.807) is 0 Å². The molecule has 0 heterocycles. The molecule has 0 saturated heterocycles. The molecule has 0 saturated carbocycles. The zero-order chi connectivity index (χ0) is 27.0. The van der Waals surface area contributed by atoms with Crippen LogP contribution in [-0.4, -0.2) is 52.4 Å². The van der Waals surface area contributed by atoms with Crippen molar-refractivity contribution in [3.05, 3.63) is 65.2 Å². The van der Waals surface area contributed by atoms with Gasteiger partial charge >= 0.3 is 0 Å². The number of ketones is 1. The second-order valence-corrected chi connectivity index (χ2v) is 9.64. The second-order valence-electron chi connectivity index (χ2n) is 9.64. The Bertz CT molecular complexity index is 1020. The minimum Gasteiger partial charge on any atom is -0.493 e. The van der Waals surface area contributed by atoms with E-state index in [1.807, 2.05) is 43.5 Å². The number of carbonyl (C=O) groups excluding carboxylic acids is 1. The molecule has 0 unspecified atom stereocenters. The van der Waals surface area contributed by atoms with Gasteiger partial charge in [-0.2, -0.15) is 0 Å². The van der Waals surface area contributed by atoms with Crippen LogP contribution in [0.3, 0.4) is 0 Å². The summed E-state index contributed by atoms with van der Waals surface area (Å²) in [6.07, 6.45) is 9.99. The van der Waals surface area contributed by atoms with Gasteiger partial charge in [0.1, 0.15) is 23.9 Å². The number of fused-ring (bicyclic) bond motifs is 1. The molecule has 6 heteroatoms. The van der Waals surface area contributed by atoms with Crippen LogP contribution in [0.5, 0.6) is 17.2 Å². The van der Waals surface area contributed by atoms with Crippen molar-refractivity contribution in [1.82, 2.24) is 5.32 Å². The number of hydrogen-bond donors (Lipinski definition) is 1. The average Bonchev–Trinajstić information content (AvgIpc) is 2.92. The molecule has 0 aliphatic heterocycles. The lowest BCUT2D eigenvalue weighted by atomic mass is 9.86. The molecular weight excluding hydrogens is 478 g/mol. The Morgan fingerprint density at radius 3 is 2.26 bits per heavy atom. The van der Waals surface area contributed by atoms with Gasteiger partial charge in [0.05, 0.1) is 26.4 Å². The van der Waals surface area contributed by atoms with Crippen LogP contribution in [0.4, 0.5) is 0 Å². The van der Waals surface area contributed by atoms with Gasteiger partial charge in [-0.15, -0.1) is 6.58 Å². The van der Waals surface area contributed by atoms with Crippen LogP contribution in [0.25, 0.3) is 0 Å². The number of Topliss-reactive ketones (excluding diaryl/α,β-unsaturated/α-hetero) is 1. The summed E-state index contributed by atoms with van der Waals surface area (Å²) in [4.78, 5) is 12.3. The lowest BCUT2D eigenvalue weighted by Crippen LogP contribution is -2.17. The number of allylic oxidation sites excluding steroid dienone is 1. The molecule has 208 valence electrons. The van der Waals surface area contributed by atoms with Crippen molar-refractivity contribution in [2.24, 2.45) is 0 Å². The first kappa shape index (κ1) is 29.7. The van der Waals surface area contributed by atoms with E-state index < -0.39 is 0 Å². The fourth-order valence-electron chi connectivity index (χ4n) is 4.83. The predicted octanol–water partition coefficient (Wildman–Crippen LogP) is 6.13. The van der Waals surface area contributed by atoms with Crippen molar-refractivity contribution in [1.29, 1.82) is 0 Å². The topological polar surface area (TPSA) is 66.0 Å². The van der Waals surface area contributed by atoms with Crippen molar-refractivity contribution in [2.45, 2.75) is 64.7 Å². The van der Waals surface area contributed by atoms with Gasteiger partial charge in [0.15, 0.2) is 5.78 Å². The number of rotatable bonds is 19. The highest BCUT2D eigenvalue weighted by Gasteiger charge is 2.22. The molecule has 0 amide bonds. The molecule has 0 spiro atoms. The molecule has 1 aliphatic rings.